The van der Waals surface area contributed by atoms with E-state index in [4.69, 9.17) is 0 Å². The highest BCUT2D eigenvalue weighted by Crippen LogP contribution is 2.29. The molecule has 3 aromatic rings. The molecule has 1 unspecified atom stereocenters. The minimum atomic E-state index is -0.669. The summed E-state index contributed by atoms with van der Waals surface area (Å²) in [4.78, 5) is 55.1. The van der Waals surface area contributed by atoms with Gasteiger partial charge >= 0.3 is 0 Å². The highest BCUT2D eigenvalue weighted by molar-refractivity contribution is 6.07. The number of nitrogens with one attached hydrogen (secondary N) is 2. The molecule has 1 fully saturated rings. The van der Waals surface area contributed by atoms with Gasteiger partial charge in [0.05, 0.1) is 5.56 Å². The first-order chi connectivity index (χ1) is 15.3. The number of rotatable bonds is 3. The van der Waals surface area contributed by atoms with Crippen LogP contribution in [0.3, 0.4) is 0 Å². The van der Waals surface area contributed by atoms with Gasteiger partial charge in [0.1, 0.15) is 11.7 Å². The normalized spacial score (nSPS) is 18.1. The number of piperidine rings is 1. The van der Waals surface area contributed by atoms with E-state index in [-0.39, 0.29) is 30.7 Å². The lowest BCUT2D eigenvalue weighted by Crippen LogP contribution is -2.52. The molecule has 9 nitrogen and oxygen atoms in total. The van der Waals surface area contributed by atoms with Gasteiger partial charge in [-0.15, -0.1) is 0 Å². The van der Waals surface area contributed by atoms with Crippen LogP contribution >= 0.6 is 0 Å². The van der Waals surface area contributed by atoms with Crippen molar-refractivity contribution < 1.29 is 19.2 Å². The number of nitrogens with zero attached hydrogens (tertiary/aromatic N) is 3. The molecule has 1 atom stereocenters. The van der Waals surface area contributed by atoms with E-state index in [9.17, 15) is 19.2 Å². The highest BCUT2D eigenvalue weighted by Gasteiger charge is 2.39. The van der Waals surface area contributed by atoms with Crippen molar-refractivity contribution in [3.8, 4) is 0 Å². The molecular weight excluding hydrogens is 410 g/mol. The lowest BCUT2D eigenvalue weighted by molar-refractivity contribution is -0.136. The molecule has 1 saturated heterocycles. The Morgan fingerprint density at radius 2 is 2.03 bits per heavy atom. The summed E-state index contributed by atoms with van der Waals surface area (Å²) in [6.45, 7) is 2.22. The van der Waals surface area contributed by atoms with E-state index in [0.29, 0.717) is 23.2 Å². The number of anilines is 1. The minimum Gasteiger partial charge on any atom is -0.335 e. The summed E-state index contributed by atoms with van der Waals surface area (Å²) in [5.41, 5.74) is 4.06. The van der Waals surface area contributed by atoms with Gasteiger partial charge in [0, 0.05) is 49.0 Å². The molecule has 4 amide bonds. The zero-order valence-electron chi connectivity index (χ0n) is 17.6. The van der Waals surface area contributed by atoms with Crippen LogP contribution in [0.2, 0.25) is 0 Å². The summed E-state index contributed by atoms with van der Waals surface area (Å²) in [7, 11) is 1.91. The molecule has 2 aliphatic rings. The highest BCUT2D eigenvalue weighted by atomic mass is 16.2. The average molecular weight is 431 g/mol. The Bertz CT molecular complexity index is 1330. The zero-order chi connectivity index (χ0) is 22.6. The summed E-state index contributed by atoms with van der Waals surface area (Å²) in [5, 5.41) is 6.07. The number of hydrogen-bond acceptors (Lipinski definition) is 5. The molecule has 0 spiro atoms. The second kappa shape index (κ2) is 7.30. The Kier molecular flexibility index (Phi) is 4.54. The number of carbonyl (C=O) groups excluding carboxylic acids is 4. The zero-order valence-corrected chi connectivity index (χ0v) is 17.6. The number of carbonyl (C=O) groups is 4. The fourth-order valence-electron chi connectivity index (χ4n) is 4.43. The quantitative estimate of drug-likeness (QED) is 0.615. The third-order valence-electron chi connectivity index (χ3n) is 6.06. The van der Waals surface area contributed by atoms with E-state index in [2.05, 4.69) is 15.6 Å². The van der Waals surface area contributed by atoms with Crippen molar-refractivity contribution in [3.05, 3.63) is 58.9 Å². The van der Waals surface area contributed by atoms with E-state index in [1.165, 1.54) is 4.90 Å². The van der Waals surface area contributed by atoms with Crippen molar-refractivity contribution in [1.29, 1.82) is 0 Å². The third-order valence-corrected chi connectivity index (χ3v) is 6.06. The van der Waals surface area contributed by atoms with Crippen LogP contribution in [-0.2, 0) is 23.2 Å². The standard InChI is InChI=1S/C23H21N5O4/c1-12-10-27(2)20-17(12)8-13(9-24-20)21(30)25-15-3-4-16-14(7-15)11-28(23(16)32)18-5-6-19(29)26-22(18)31/h3-4,7-10,18H,5-6,11H2,1-2H3,(H,25,30)(H,26,29,31). The Hall–Kier alpha value is -4.01. The first kappa shape index (κ1) is 19.9. The summed E-state index contributed by atoms with van der Waals surface area (Å²) >= 11 is 0. The van der Waals surface area contributed by atoms with E-state index in [1.807, 2.05) is 30.8 Å². The van der Waals surface area contributed by atoms with Crippen molar-refractivity contribution >= 4 is 40.3 Å². The molecule has 32 heavy (non-hydrogen) atoms. The predicted octanol–water partition coefficient (Wildman–Crippen LogP) is 1.90. The van der Waals surface area contributed by atoms with Crippen molar-refractivity contribution in [3.63, 3.8) is 0 Å². The maximum atomic E-state index is 12.8. The summed E-state index contributed by atoms with van der Waals surface area (Å²) < 4.78 is 1.91. The first-order valence-corrected chi connectivity index (χ1v) is 10.3. The lowest BCUT2D eigenvalue weighted by Gasteiger charge is -2.29. The van der Waals surface area contributed by atoms with Crippen LogP contribution in [0.5, 0.6) is 0 Å². The van der Waals surface area contributed by atoms with Gasteiger partial charge < -0.3 is 14.8 Å². The number of hydrogen-bond donors (Lipinski definition) is 2. The van der Waals surface area contributed by atoms with Gasteiger partial charge in [-0.3, -0.25) is 24.5 Å². The molecule has 9 heteroatoms. The smallest absolute Gasteiger partial charge is 0.257 e. The monoisotopic (exact) mass is 431 g/mol. The first-order valence-electron chi connectivity index (χ1n) is 10.3. The van der Waals surface area contributed by atoms with Crippen LogP contribution in [0.4, 0.5) is 5.69 Å². The largest absolute Gasteiger partial charge is 0.335 e. The van der Waals surface area contributed by atoms with Crippen molar-refractivity contribution in [2.75, 3.05) is 5.32 Å². The molecule has 162 valence electrons. The van der Waals surface area contributed by atoms with Gasteiger partial charge in [-0.05, 0) is 48.7 Å². The SMILES string of the molecule is Cc1cn(C)c2ncc(C(=O)Nc3ccc4c(c3)CN(C3CCC(=O)NC3=O)C4=O)cc12. The number of aromatic nitrogens is 2. The summed E-state index contributed by atoms with van der Waals surface area (Å²) in [6, 6.07) is 6.22. The van der Waals surface area contributed by atoms with Crippen molar-refractivity contribution in [1.82, 2.24) is 19.8 Å². The lowest BCUT2D eigenvalue weighted by atomic mass is 10.0. The molecule has 0 bridgehead atoms. The number of benzene rings is 1. The van der Waals surface area contributed by atoms with E-state index in [1.54, 1.807) is 24.4 Å². The third kappa shape index (κ3) is 3.22. The fourth-order valence-corrected chi connectivity index (χ4v) is 4.43. The van der Waals surface area contributed by atoms with E-state index in [0.717, 1.165) is 22.2 Å². The fraction of sp³-hybridized carbons (Fsp3) is 0.261. The molecule has 2 N–H and O–H groups in total. The number of amides is 4. The van der Waals surface area contributed by atoms with E-state index < -0.39 is 11.9 Å². The van der Waals surface area contributed by atoms with Crippen LogP contribution in [0.15, 0.2) is 36.7 Å². The van der Waals surface area contributed by atoms with Crippen molar-refractivity contribution in [2.45, 2.75) is 32.4 Å². The van der Waals surface area contributed by atoms with Crippen LogP contribution in [0, 0.1) is 6.92 Å². The van der Waals surface area contributed by atoms with Crippen LogP contribution < -0.4 is 10.6 Å². The van der Waals surface area contributed by atoms with Crippen LogP contribution in [0.25, 0.3) is 11.0 Å². The maximum absolute atomic E-state index is 12.8. The second-order valence-corrected chi connectivity index (χ2v) is 8.24. The van der Waals surface area contributed by atoms with Crippen LogP contribution in [0.1, 0.15) is 44.7 Å². The Labute approximate surface area is 183 Å². The molecule has 4 heterocycles. The van der Waals surface area contributed by atoms with E-state index >= 15 is 0 Å². The van der Waals surface area contributed by atoms with Gasteiger partial charge in [-0.25, -0.2) is 4.98 Å². The van der Waals surface area contributed by atoms with Gasteiger partial charge in [-0.2, -0.15) is 0 Å². The number of fused-ring (bicyclic) bond motifs is 2. The Morgan fingerprint density at radius 3 is 2.81 bits per heavy atom. The summed E-state index contributed by atoms with van der Waals surface area (Å²) in [5.74, 6) is -1.32. The molecule has 1 aromatic carbocycles. The molecule has 0 radical (unpaired) electrons. The molecule has 0 saturated carbocycles. The average Bonchev–Trinajstić information content (AvgIpc) is 3.23. The molecule has 5 rings (SSSR count). The van der Waals surface area contributed by atoms with Gasteiger partial charge in [-0.1, -0.05) is 0 Å². The van der Waals surface area contributed by atoms with Gasteiger partial charge in [0.15, 0.2) is 0 Å². The minimum absolute atomic E-state index is 0.205. The number of aryl methyl sites for hydroxylation is 2. The topological polar surface area (TPSA) is 113 Å². The number of imide groups is 1. The Morgan fingerprint density at radius 1 is 1.22 bits per heavy atom. The van der Waals surface area contributed by atoms with Gasteiger partial charge in [0.25, 0.3) is 11.8 Å². The van der Waals surface area contributed by atoms with Crippen molar-refractivity contribution in [2.24, 2.45) is 7.05 Å². The molecule has 2 aromatic heterocycles. The molecule has 0 aliphatic carbocycles. The van der Waals surface area contributed by atoms with Crippen LogP contribution in [-0.4, -0.2) is 44.1 Å². The number of pyridine rings is 1. The second-order valence-electron chi connectivity index (χ2n) is 8.24. The van der Waals surface area contributed by atoms with Gasteiger partial charge in [0.2, 0.25) is 11.8 Å². The maximum Gasteiger partial charge on any atom is 0.257 e. The molecular formula is C23H21N5O4. The Balaban J connectivity index is 1.35. The summed E-state index contributed by atoms with van der Waals surface area (Å²) in [6.07, 6.45) is 4.02. The molecule has 2 aliphatic heterocycles. The predicted molar refractivity (Wildman–Crippen MR) is 116 cm³/mol.